The van der Waals surface area contributed by atoms with Gasteiger partial charge in [0.15, 0.2) is 0 Å². The van der Waals surface area contributed by atoms with Crippen LogP contribution in [-0.2, 0) is 0 Å². The van der Waals surface area contributed by atoms with Crippen LogP contribution in [0.15, 0.2) is 47.2 Å². The number of aromatic nitrogens is 1. The summed E-state index contributed by atoms with van der Waals surface area (Å²) in [5.41, 5.74) is 2.77. The first-order chi connectivity index (χ1) is 11.1. The Hall–Kier alpha value is -1.98. The normalized spacial score (nSPS) is 12.1. The minimum absolute atomic E-state index is 0.0412. The summed E-state index contributed by atoms with van der Waals surface area (Å²) in [6, 6.07) is 12.3. The molecule has 1 aromatic carbocycles. The molecule has 0 aliphatic heterocycles. The van der Waals surface area contributed by atoms with Crippen molar-refractivity contribution in [1.82, 2.24) is 9.88 Å². The summed E-state index contributed by atoms with van der Waals surface area (Å²) in [4.78, 5) is 20.1. The molecule has 0 N–H and O–H groups in total. The van der Waals surface area contributed by atoms with Gasteiger partial charge in [0, 0.05) is 22.9 Å². The Morgan fingerprint density at radius 1 is 1.17 bits per heavy atom. The van der Waals surface area contributed by atoms with Crippen LogP contribution < -0.4 is 0 Å². The van der Waals surface area contributed by atoms with Gasteiger partial charge in [0.05, 0.1) is 6.04 Å². The quantitative estimate of drug-likeness (QED) is 0.667. The molecule has 0 saturated carbocycles. The zero-order valence-corrected chi connectivity index (χ0v) is 14.9. The summed E-state index contributed by atoms with van der Waals surface area (Å²) in [7, 11) is 1.83. The van der Waals surface area contributed by atoms with E-state index in [4.69, 9.17) is 0 Å². The minimum atomic E-state index is -0.0412. The number of rotatable bonds is 4. The fraction of sp³-hybridized carbons (Fsp3) is 0.222. The van der Waals surface area contributed by atoms with E-state index in [1.54, 1.807) is 16.2 Å². The average Bonchev–Trinajstić information content (AvgIpc) is 3.25. The second-order valence-electron chi connectivity index (χ2n) is 5.51. The number of hydrogen-bond donors (Lipinski definition) is 0. The molecular weight excluding hydrogens is 324 g/mol. The fourth-order valence-corrected chi connectivity index (χ4v) is 3.90. The molecule has 0 spiro atoms. The van der Waals surface area contributed by atoms with Crippen molar-refractivity contribution in [3.8, 4) is 10.6 Å². The molecule has 5 heteroatoms. The Balaban J connectivity index is 1.79. The summed E-state index contributed by atoms with van der Waals surface area (Å²) in [6.07, 6.45) is 0. The van der Waals surface area contributed by atoms with Crippen LogP contribution in [0.4, 0.5) is 0 Å². The summed E-state index contributed by atoms with van der Waals surface area (Å²) >= 11 is 3.17. The zero-order valence-electron chi connectivity index (χ0n) is 13.3. The molecule has 2 heterocycles. The van der Waals surface area contributed by atoms with E-state index < -0.39 is 0 Å². The topological polar surface area (TPSA) is 33.2 Å². The van der Waals surface area contributed by atoms with Crippen LogP contribution in [0, 0.1) is 6.92 Å². The number of carbonyl (C=O) groups is 1. The van der Waals surface area contributed by atoms with Gasteiger partial charge in [-0.1, -0.05) is 35.9 Å². The predicted octanol–water partition coefficient (Wildman–Crippen LogP) is 5.01. The Morgan fingerprint density at radius 2 is 1.91 bits per heavy atom. The fourth-order valence-electron chi connectivity index (χ4n) is 2.28. The third kappa shape index (κ3) is 3.35. The Labute approximate surface area is 144 Å². The van der Waals surface area contributed by atoms with Gasteiger partial charge >= 0.3 is 0 Å². The number of thiophene rings is 1. The summed E-state index contributed by atoms with van der Waals surface area (Å²) in [5, 5.41) is 4.75. The van der Waals surface area contributed by atoms with Crippen molar-refractivity contribution in [2.75, 3.05) is 7.05 Å². The molecule has 118 valence electrons. The van der Waals surface area contributed by atoms with Crippen molar-refractivity contribution in [2.24, 2.45) is 0 Å². The first-order valence-corrected chi connectivity index (χ1v) is 9.15. The number of aryl methyl sites for hydroxylation is 1. The van der Waals surface area contributed by atoms with Crippen molar-refractivity contribution >= 4 is 28.6 Å². The summed E-state index contributed by atoms with van der Waals surface area (Å²) in [6.45, 7) is 4.10. The second-order valence-corrected chi connectivity index (χ2v) is 7.35. The Morgan fingerprint density at radius 3 is 2.57 bits per heavy atom. The van der Waals surface area contributed by atoms with Crippen LogP contribution in [0.3, 0.4) is 0 Å². The van der Waals surface area contributed by atoms with Crippen LogP contribution in [0.25, 0.3) is 10.6 Å². The second kappa shape index (κ2) is 6.64. The van der Waals surface area contributed by atoms with Gasteiger partial charge in [-0.3, -0.25) is 4.79 Å². The standard InChI is InChI=1S/C18H18N2OS2/c1-12-6-8-14(9-7-12)17-19-15(11-23-17)18(21)20(3)13(2)16-5-4-10-22-16/h4-11,13H,1-3H3. The number of nitrogens with zero attached hydrogens (tertiary/aromatic N) is 2. The first kappa shape index (κ1) is 15.9. The van der Waals surface area contributed by atoms with Crippen LogP contribution in [0.1, 0.15) is 33.9 Å². The van der Waals surface area contributed by atoms with Crippen LogP contribution in [0.2, 0.25) is 0 Å². The molecule has 2 aromatic heterocycles. The molecule has 0 radical (unpaired) electrons. The van der Waals surface area contributed by atoms with E-state index in [-0.39, 0.29) is 11.9 Å². The lowest BCUT2D eigenvalue weighted by atomic mass is 10.2. The Kier molecular flexibility index (Phi) is 4.59. The summed E-state index contributed by atoms with van der Waals surface area (Å²) in [5.74, 6) is -0.0412. The van der Waals surface area contributed by atoms with Crippen molar-refractivity contribution in [3.05, 3.63) is 63.3 Å². The van der Waals surface area contributed by atoms with Gasteiger partial charge in [0.25, 0.3) is 5.91 Å². The average molecular weight is 342 g/mol. The van der Waals surface area contributed by atoms with Crippen molar-refractivity contribution in [3.63, 3.8) is 0 Å². The zero-order chi connectivity index (χ0) is 16.4. The van der Waals surface area contributed by atoms with Gasteiger partial charge in [-0.25, -0.2) is 4.98 Å². The maximum Gasteiger partial charge on any atom is 0.273 e. The predicted molar refractivity (Wildman–Crippen MR) is 97.1 cm³/mol. The molecule has 3 nitrogen and oxygen atoms in total. The molecule has 1 atom stereocenters. The van der Waals surface area contributed by atoms with E-state index in [9.17, 15) is 4.79 Å². The maximum absolute atomic E-state index is 12.7. The van der Waals surface area contributed by atoms with Gasteiger partial charge in [-0.15, -0.1) is 22.7 Å². The molecule has 0 aliphatic rings. The Bertz CT molecular complexity index is 791. The van der Waals surface area contributed by atoms with Gasteiger partial charge in [-0.05, 0) is 25.3 Å². The first-order valence-electron chi connectivity index (χ1n) is 7.39. The van der Waals surface area contributed by atoms with Crippen molar-refractivity contribution in [2.45, 2.75) is 19.9 Å². The number of amides is 1. The van der Waals surface area contributed by atoms with E-state index in [1.807, 2.05) is 42.9 Å². The number of carbonyl (C=O) groups excluding carboxylic acids is 1. The highest BCUT2D eigenvalue weighted by Crippen LogP contribution is 2.27. The third-order valence-electron chi connectivity index (χ3n) is 3.88. The van der Waals surface area contributed by atoms with Crippen LogP contribution in [0.5, 0.6) is 0 Å². The SMILES string of the molecule is Cc1ccc(-c2nc(C(=O)N(C)C(C)c3cccs3)cs2)cc1. The molecule has 3 aromatic rings. The van der Waals surface area contributed by atoms with E-state index in [1.165, 1.54) is 21.8 Å². The molecule has 23 heavy (non-hydrogen) atoms. The smallest absolute Gasteiger partial charge is 0.273 e. The monoisotopic (exact) mass is 342 g/mol. The highest BCUT2D eigenvalue weighted by Gasteiger charge is 2.22. The van der Waals surface area contributed by atoms with Gasteiger partial charge in [0.1, 0.15) is 10.7 Å². The number of benzene rings is 1. The minimum Gasteiger partial charge on any atom is -0.333 e. The largest absolute Gasteiger partial charge is 0.333 e. The number of thiazole rings is 1. The molecule has 0 bridgehead atoms. The highest BCUT2D eigenvalue weighted by molar-refractivity contribution is 7.13. The van der Waals surface area contributed by atoms with Crippen LogP contribution >= 0.6 is 22.7 Å². The van der Waals surface area contributed by atoms with Crippen molar-refractivity contribution in [1.29, 1.82) is 0 Å². The van der Waals surface area contributed by atoms with Crippen molar-refractivity contribution < 1.29 is 4.79 Å². The van der Waals surface area contributed by atoms with Gasteiger partial charge in [-0.2, -0.15) is 0 Å². The van der Waals surface area contributed by atoms with E-state index in [2.05, 4.69) is 30.1 Å². The molecule has 1 unspecified atom stereocenters. The lowest BCUT2D eigenvalue weighted by Crippen LogP contribution is -2.29. The number of hydrogen-bond acceptors (Lipinski definition) is 4. The van der Waals surface area contributed by atoms with Gasteiger partial charge in [0.2, 0.25) is 0 Å². The molecule has 0 aliphatic carbocycles. The molecular formula is C18H18N2OS2. The van der Waals surface area contributed by atoms with E-state index in [0.29, 0.717) is 5.69 Å². The van der Waals surface area contributed by atoms with Gasteiger partial charge < -0.3 is 4.90 Å². The molecule has 3 rings (SSSR count). The van der Waals surface area contributed by atoms with E-state index >= 15 is 0 Å². The molecule has 1 amide bonds. The lowest BCUT2D eigenvalue weighted by molar-refractivity contribution is 0.0740. The van der Waals surface area contributed by atoms with Crippen LogP contribution in [-0.4, -0.2) is 22.8 Å². The maximum atomic E-state index is 12.7. The summed E-state index contributed by atoms with van der Waals surface area (Å²) < 4.78 is 0. The molecule has 0 fully saturated rings. The third-order valence-corrected chi connectivity index (χ3v) is 5.81. The molecule has 0 saturated heterocycles. The lowest BCUT2D eigenvalue weighted by Gasteiger charge is -2.23. The highest BCUT2D eigenvalue weighted by atomic mass is 32.1. The van der Waals surface area contributed by atoms with E-state index in [0.717, 1.165) is 10.6 Å².